The van der Waals surface area contributed by atoms with Crippen LogP contribution in [0, 0.1) is 5.82 Å². The largest absolute Gasteiger partial charge is 0.495 e. The Morgan fingerprint density at radius 3 is 2.90 bits per heavy atom. The molecule has 0 saturated heterocycles. The summed E-state index contributed by atoms with van der Waals surface area (Å²) in [6, 6.07) is 10.6. The molecule has 0 bridgehead atoms. The van der Waals surface area contributed by atoms with Gasteiger partial charge in [0.1, 0.15) is 11.6 Å². The van der Waals surface area contributed by atoms with Gasteiger partial charge in [-0.1, -0.05) is 17.7 Å². The number of benzene rings is 2. The highest BCUT2D eigenvalue weighted by atomic mass is 35.5. The van der Waals surface area contributed by atoms with E-state index in [4.69, 9.17) is 16.3 Å². The van der Waals surface area contributed by atoms with Crippen LogP contribution in [0.15, 0.2) is 36.4 Å². The van der Waals surface area contributed by atoms with E-state index in [0.29, 0.717) is 5.02 Å². The zero-order valence-electron chi connectivity index (χ0n) is 11.1. The summed E-state index contributed by atoms with van der Waals surface area (Å²) in [5, 5.41) is 4.10. The van der Waals surface area contributed by atoms with Crippen molar-refractivity contribution < 1.29 is 9.13 Å². The highest BCUT2D eigenvalue weighted by molar-refractivity contribution is 6.30. The molecule has 1 unspecified atom stereocenters. The third-order valence-electron chi connectivity index (χ3n) is 3.67. The first-order chi connectivity index (χ1) is 9.67. The Kier molecular flexibility index (Phi) is 3.53. The van der Waals surface area contributed by atoms with Crippen LogP contribution in [0.25, 0.3) is 0 Å². The first-order valence-corrected chi connectivity index (χ1v) is 6.93. The van der Waals surface area contributed by atoms with E-state index in [0.717, 1.165) is 35.4 Å². The number of anilines is 1. The molecule has 0 saturated carbocycles. The second-order valence-corrected chi connectivity index (χ2v) is 5.36. The van der Waals surface area contributed by atoms with E-state index in [1.165, 1.54) is 6.07 Å². The molecular weight excluding hydrogens is 277 g/mol. The summed E-state index contributed by atoms with van der Waals surface area (Å²) in [5.74, 6) is 0.578. The average molecular weight is 292 g/mol. The topological polar surface area (TPSA) is 21.3 Å². The van der Waals surface area contributed by atoms with E-state index in [-0.39, 0.29) is 11.9 Å². The summed E-state index contributed by atoms with van der Waals surface area (Å²) in [6.07, 6.45) is 1.82. The van der Waals surface area contributed by atoms with Crippen LogP contribution in [0.3, 0.4) is 0 Å². The minimum absolute atomic E-state index is 0.165. The fraction of sp³-hybridized carbons (Fsp3) is 0.250. The highest BCUT2D eigenvalue weighted by Crippen LogP contribution is 2.37. The molecule has 0 radical (unpaired) electrons. The van der Waals surface area contributed by atoms with Crippen molar-refractivity contribution in [1.82, 2.24) is 0 Å². The molecule has 4 heteroatoms. The third-order valence-corrected chi connectivity index (χ3v) is 3.91. The summed E-state index contributed by atoms with van der Waals surface area (Å²) in [6.45, 7) is 0. The number of methoxy groups -OCH3 is 1. The molecule has 1 aliphatic rings. The van der Waals surface area contributed by atoms with Gasteiger partial charge in [-0.25, -0.2) is 4.39 Å². The van der Waals surface area contributed by atoms with Gasteiger partial charge in [-0.3, -0.25) is 0 Å². The third kappa shape index (κ3) is 2.46. The molecule has 2 aromatic carbocycles. The Morgan fingerprint density at radius 2 is 2.10 bits per heavy atom. The molecule has 1 N–H and O–H groups in total. The van der Waals surface area contributed by atoms with Crippen molar-refractivity contribution in [2.45, 2.75) is 18.9 Å². The molecule has 3 rings (SSSR count). The van der Waals surface area contributed by atoms with Crippen LogP contribution in [0.4, 0.5) is 10.1 Å². The SMILES string of the molecule is COc1ccc(Cl)cc1NC1CCc2cc(F)ccc21. The van der Waals surface area contributed by atoms with E-state index < -0.39 is 0 Å². The number of ether oxygens (including phenoxy) is 1. The lowest BCUT2D eigenvalue weighted by molar-refractivity contribution is 0.416. The van der Waals surface area contributed by atoms with Crippen molar-refractivity contribution in [2.24, 2.45) is 0 Å². The standard InChI is InChI=1S/C16H15ClFNO/c1-20-16-7-3-11(17)9-15(16)19-14-6-2-10-8-12(18)4-5-13(10)14/h3-5,7-9,14,19H,2,6H2,1H3. The predicted octanol–water partition coefficient (Wildman–Crippen LogP) is 4.59. The predicted molar refractivity (Wildman–Crippen MR) is 79.1 cm³/mol. The van der Waals surface area contributed by atoms with E-state index in [2.05, 4.69) is 5.32 Å². The number of hydrogen-bond donors (Lipinski definition) is 1. The second kappa shape index (κ2) is 5.33. The molecular formula is C16H15ClFNO. The fourth-order valence-corrected chi connectivity index (χ4v) is 2.89. The summed E-state index contributed by atoms with van der Waals surface area (Å²) in [7, 11) is 1.63. The monoisotopic (exact) mass is 291 g/mol. The molecule has 0 spiro atoms. The summed E-state index contributed by atoms with van der Waals surface area (Å²) < 4.78 is 18.6. The van der Waals surface area contributed by atoms with Gasteiger partial charge < -0.3 is 10.1 Å². The Labute approximate surface area is 122 Å². The van der Waals surface area contributed by atoms with Crippen LogP contribution in [0.2, 0.25) is 5.02 Å². The van der Waals surface area contributed by atoms with Gasteiger partial charge in [-0.2, -0.15) is 0 Å². The van der Waals surface area contributed by atoms with Crippen LogP contribution in [-0.4, -0.2) is 7.11 Å². The minimum Gasteiger partial charge on any atom is -0.495 e. The zero-order chi connectivity index (χ0) is 14.1. The molecule has 1 atom stereocenters. The Balaban J connectivity index is 1.89. The maximum absolute atomic E-state index is 13.2. The van der Waals surface area contributed by atoms with Crippen LogP contribution in [0.5, 0.6) is 5.75 Å². The van der Waals surface area contributed by atoms with Crippen molar-refractivity contribution in [3.05, 3.63) is 58.4 Å². The van der Waals surface area contributed by atoms with E-state index in [1.807, 2.05) is 18.2 Å². The van der Waals surface area contributed by atoms with Crippen molar-refractivity contribution in [3.8, 4) is 5.75 Å². The number of hydrogen-bond acceptors (Lipinski definition) is 2. The number of halogens is 2. The Hall–Kier alpha value is -1.74. The van der Waals surface area contributed by atoms with Gasteiger partial charge >= 0.3 is 0 Å². The van der Waals surface area contributed by atoms with Crippen LogP contribution in [0.1, 0.15) is 23.6 Å². The van der Waals surface area contributed by atoms with Crippen molar-refractivity contribution in [2.75, 3.05) is 12.4 Å². The first-order valence-electron chi connectivity index (χ1n) is 6.56. The number of rotatable bonds is 3. The maximum Gasteiger partial charge on any atom is 0.142 e. The molecule has 0 aromatic heterocycles. The summed E-state index contributed by atoms with van der Waals surface area (Å²) in [5.41, 5.74) is 3.08. The smallest absolute Gasteiger partial charge is 0.142 e. The lowest BCUT2D eigenvalue weighted by Crippen LogP contribution is -2.08. The van der Waals surface area contributed by atoms with E-state index >= 15 is 0 Å². The van der Waals surface area contributed by atoms with Gasteiger partial charge in [0.15, 0.2) is 0 Å². The number of aryl methyl sites for hydroxylation is 1. The van der Waals surface area contributed by atoms with Gasteiger partial charge in [0.05, 0.1) is 18.8 Å². The molecule has 2 nitrogen and oxygen atoms in total. The molecule has 2 aromatic rings. The summed E-state index contributed by atoms with van der Waals surface area (Å²) in [4.78, 5) is 0. The molecule has 20 heavy (non-hydrogen) atoms. The normalized spacial score (nSPS) is 16.9. The lowest BCUT2D eigenvalue weighted by Gasteiger charge is -2.18. The van der Waals surface area contributed by atoms with Crippen LogP contribution in [-0.2, 0) is 6.42 Å². The molecule has 1 aliphatic carbocycles. The fourth-order valence-electron chi connectivity index (χ4n) is 2.72. The maximum atomic E-state index is 13.2. The van der Waals surface area contributed by atoms with E-state index in [1.54, 1.807) is 19.2 Å². The van der Waals surface area contributed by atoms with Crippen molar-refractivity contribution >= 4 is 17.3 Å². The Morgan fingerprint density at radius 1 is 1.25 bits per heavy atom. The second-order valence-electron chi connectivity index (χ2n) is 4.92. The summed E-state index contributed by atoms with van der Waals surface area (Å²) >= 11 is 6.04. The van der Waals surface area contributed by atoms with Gasteiger partial charge in [0.2, 0.25) is 0 Å². The molecule has 0 aliphatic heterocycles. The van der Waals surface area contributed by atoms with Crippen LogP contribution >= 0.6 is 11.6 Å². The lowest BCUT2D eigenvalue weighted by atomic mass is 10.1. The van der Waals surface area contributed by atoms with Crippen molar-refractivity contribution in [3.63, 3.8) is 0 Å². The quantitative estimate of drug-likeness (QED) is 0.893. The first kappa shape index (κ1) is 13.3. The van der Waals surface area contributed by atoms with E-state index in [9.17, 15) is 4.39 Å². The zero-order valence-corrected chi connectivity index (χ0v) is 11.9. The molecule has 0 heterocycles. The van der Waals surface area contributed by atoms with Gasteiger partial charge in [-0.15, -0.1) is 0 Å². The molecule has 0 amide bonds. The van der Waals surface area contributed by atoms with Gasteiger partial charge in [-0.05, 0) is 54.3 Å². The molecule has 104 valence electrons. The highest BCUT2D eigenvalue weighted by Gasteiger charge is 2.23. The number of fused-ring (bicyclic) bond motifs is 1. The average Bonchev–Trinajstić information content (AvgIpc) is 2.81. The van der Waals surface area contributed by atoms with Crippen LogP contribution < -0.4 is 10.1 Å². The number of nitrogens with one attached hydrogen (secondary N) is 1. The van der Waals surface area contributed by atoms with Gasteiger partial charge in [0, 0.05) is 5.02 Å². The minimum atomic E-state index is -0.176. The van der Waals surface area contributed by atoms with Gasteiger partial charge in [0.25, 0.3) is 0 Å². The molecule has 0 fully saturated rings. The van der Waals surface area contributed by atoms with Crippen molar-refractivity contribution in [1.29, 1.82) is 0 Å². The Bertz CT molecular complexity index is 644.